The fourth-order valence-corrected chi connectivity index (χ4v) is 3.97. The number of aromatic nitrogens is 5. The molecular weight excluding hydrogens is 444 g/mol. The molecular formula is C23H21ClN6O3. The van der Waals surface area contributed by atoms with E-state index in [0.717, 1.165) is 16.9 Å². The Morgan fingerprint density at radius 2 is 2.06 bits per heavy atom. The minimum atomic E-state index is -0.370. The van der Waals surface area contributed by atoms with Gasteiger partial charge in [0.2, 0.25) is 0 Å². The molecule has 0 radical (unpaired) electrons. The molecule has 0 spiro atoms. The van der Waals surface area contributed by atoms with Crippen LogP contribution in [0.3, 0.4) is 0 Å². The second-order valence-corrected chi connectivity index (χ2v) is 8.11. The zero-order valence-electron chi connectivity index (χ0n) is 18.0. The van der Waals surface area contributed by atoms with Gasteiger partial charge in [0.1, 0.15) is 11.8 Å². The van der Waals surface area contributed by atoms with Gasteiger partial charge in [-0.15, -0.1) is 5.10 Å². The summed E-state index contributed by atoms with van der Waals surface area (Å²) in [5.74, 6) is 0.228. The number of fused-ring (bicyclic) bond motifs is 1. The molecule has 0 aliphatic carbocycles. The number of anilines is 1. The molecule has 2 aromatic carbocycles. The third-order valence-corrected chi connectivity index (χ3v) is 5.75. The minimum Gasteiger partial charge on any atom is -0.494 e. The highest BCUT2D eigenvalue weighted by Gasteiger charge is 2.29. The van der Waals surface area contributed by atoms with Crippen LogP contribution in [-0.4, -0.2) is 44.2 Å². The Morgan fingerprint density at radius 3 is 2.79 bits per heavy atom. The number of amides is 1. The van der Waals surface area contributed by atoms with Crippen LogP contribution in [0.5, 0.6) is 5.75 Å². The summed E-state index contributed by atoms with van der Waals surface area (Å²) in [5, 5.41) is 11.9. The molecule has 1 N–H and O–H groups in total. The minimum absolute atomic E-state index is 0.182. The second-order valence-electron chi connectivity index (χ2n) is 7.67. The number of hydrogen-bond donors (Lipinski definition) is 1. The van der Waals surface area contributed by atoms with Gasteiger partial charge in [-0.1, -0.05) is 28.9 Å². The normalized spacial score (nSPS) is 15.2. The van der Waals surface area contributed by atoms with E-state index in [-0.39, 0.29) is 24.2 Å². The van der Waals surface area contributed by atoms with E-state index in [1.807, 2.05) is 48.0 Å². The summed E-state index contributed by atoms with van der Waals surface area (Å²) < 4.78 is 14.9. The number of nitrogens with zero attached hydrogens (tertiary/aromatic N) is 5. The number of nitrogens with one attached hydrogen (secondary N) is 1. The molecule has 0 fully saturated rings. The third kappa shape index (κ3) is 4.08. The number of imidazole rings is 1. The van der Waals surface area contributed by atoms with Crippen molar-refractivity contribution in [1.29, 1.82) is 0 Å². The number of methoxy groups -OCH3 is 1. The number of hydrogen-bond acceptors (Lipinski definition) is 6. The van der Waals surface area contributed by atoms with Crippen molar-refractivity contribution in [2.24, 2.45) is 0 Å². The Balaban J connectivity index is 1.39. The van der Waals surface area contributed by atoms with Crippen molar-refractivity contribution in [2.45, 2.75) is 19.6 Å². The highest BCUT2D eigenvalue weighted by molar-refractivity contribution is 6.30. The van der Waals surface area contributed by atoms with Gasteiger partial charge in [-0.25, -0.2) is 9.67 Å². The summed E-state index contributed by atoms with van der Waals surface area (Å²) in [6.07, 6.45) is 3.61. The van der Waals surface area contributed by atoms with Crippen molar-refractivity contribution in [3.05, 3.63) is 82.7 Å². The van der Waals surface area contributed by atoms with E-state index in [4.69, 9.17) is 21.1 Å². The molecule has 0 bridgehead atoms. The van der Waals surface area contributed by atoms with E-state index >= 15 is 0 Å². The first kappa shape index (κ1) is 21.2. The molecule has 10 heteroatoms. The predicted molar refractivity (Wildman–Crippen MR) is 122 cm³/mol. The van der Waals surface area contributed by atoms with E-state index in [1.54, 1.807) is 30.3 Å². The van der Waals surface area contributed by atoms with Gasteiger partial charge in [0.15, 0.2) is 5.69 Å². The van der Waals surface area contributed by atoms with Gasteiger partial charge in [0.05, 0.1) is 43.7 Å². The van der Waals surface area contributed by atoms with E-state index in [9.17, 15) is 4.79 Å². The van der Waals surface area contributed by atoms with Crippen molar-refractivity contribution < 1.29 is 14.3 Å². The monoisotopic (exact) mass is 464 g/mol. The lowest BCUT2D eigenvalue weighted by atomic mass is 10.1. The molecule has 5 rings (SSSR count). The molecule has 2 aromatic heterocycles. The van der Waals surface area contributed by atoms with Crippen molar-refractivity contribution in [3.8, 4) is 11.4 Å². The summed E-state index contributed by atoms with van der Waals surface area (Å²) >= 11 is 6.01. The number of benzene rings is 2. The van der Waals surface area contributed by atoms with Crippen molar-refractivity contribution in [1.82, 2.24) is 24.5 Å². The Labute approximate surface area is 194 Å². The summed E-state index contributed by atoms with van der Waals surface area (Å²) in [4.78, 5) is 17.3. The van der Waals surface area contributed by atoms with Crippen LogP contribution >= 0.6 is 11.6 Å². The number of halogens is 1. The van der Waals surface area contributed by atoms with Crippen LogP contribution in [0.4, 0.5) is 5.69 Å². The second kappa shape index (κ2) is 8.68. The van der Waals surface area contributed by atoms with Crippen LogP contribution in [0, 0.1) is 6.92 Å². The first-order chi connectivity index (χ1) is 16.0. The molecule has 33 heavy (non-hydrogen) atoms. The van der Waals surface area contributed by atoms with Gasteiger partial charge >= 0.3 is 0 Å². The number of rotatable bonds is 5. The van der Waals surface area contributed by atoms with Crippen LogP contribution in [0.1, 0.15) is 33.5 Å². The molecule has 4 aromatic rings. The first-order valence-electron chi connectivity index (χ1n) is 10.3. The number of ether oxygens (including phenoxy) is 2. The fraction of sp³-hybridized carbons (Fsp3) is 0.217. The molecule has 1 aliphatic heterocycles. The molecule has 1 aliphatic rings. The van der Waals surface area contributed by atoms with E-state index in [1.165, 1.54) is 0 Å². The zero-order valence-corrected chi connectivity index (χ0v) is 18.8. The lowest BCUT2D eigenvalue weighted by molar-refractivity contribution is 0.0625. The predicted octanol–water partition coefficient (Wildman–Crippen LogP) is 3.81. The molecule has 9 nitrogen and oxygen atoms in total. The number of carbonyl (C=O) groups excluding carboxylic acids is 1. The maximum absolute atomic E-state index is 13.0. The third-order valence-electron chi connectivity index (χ3n) is 5.50. The summed E-state index contributed by atoms with van der Waals surface area (Å²) in [5.41, 5.74) is 4.11. The fourth-order valence-electron chi connectivity index (χ4n) is 3.85. The molecule has 168 valence electrons. The van der Waals surface area contributed by atoms with Gasteiger partial charge in [-0.05, 0) is 36.8 Å². The lowest BCUT2D eigenvalue weighted by Crippen LogP contribution is -2.27. The Morgan fingerprint density at radius 1 is 1.24 bits per heavy atom. The highest BCUT2D eigenvalue weighted by atomic mass is 35.5. The molecule has 1 atom stereocenters. The molecule has 0 saturated heterocycles. The summed E-state index contributed by atoms with van der Waals surface area (Å²) in [7, 11) is 1.58. The van der Waals surface area contributed by atoms with Gasteiger partial charge in [0.25, 0.3) is 5.91 Å². The molecule has 1 amide bonds. The Hall–Kier alpha value is -3.69. The van der Waals surface area contributed by atoms with Crippen molar-refractivity contribution in [2.75, 3.05) is 19.0 Å². The zero-order chi connectivity index (χ0) is 22.9. The van der Waals surface area contributed by atoms with Crippen LogP contribution < -0.4 is 10.1 Å². The first-order valence-corrected chi connectivity index (χ1v) is 10.7. The average molecular weight is 465 g/mol. The van der Waals surface area contributed by atoms with Gasteiger partial charge < -0.3 is 19.4 Å². The van der Waals surface area contributed by atoms with Crippen LogP contribution in [0.15, 0.2) is 55.0 Å². The maximum Gasteiger partial charge on any atom is 0.278 e. The van der Waals surface area contributed by atoms with Gasteiger partial charge in [-0.2, -0.15) is 0 Å². The molecule has 1 unspecified atom stereocenters. The number of carbonyl (C=O) groups is 1. The van der Waals surface area contributed by atoms with Crippen LogP contribution in [-0.2, 0) is 11.3 Å². The van der Waals surface area contributed by atoms with Gasteiger partial charge in [-0.3, -0.25) is 4.79 Å². The largest absolute Gasteiger partial charge is 0.494 e. The van der Waals surface area contributed by atoms with Gasteiger partial charge in [0, 0.05) is 23.0 Å². The highest BCUT2D eigenvalue weighted by Crippen LogP contribution is 2.29. The Kier molecular flexibility index (Phi) is 5.57. The molecule has 3 heterocycles. The van der Waals surface area contributed by atoms with E-state index in [0.29, 0.717) is 28.8 Å². The average Bonchev–Trinajstić information content (AvgIpc) is 3.46. The van der Waals surface area contributed by atoms with E-state index < -0.39 is 0 Å². The summed E-state index contributed by atoms with van der Waals surface area (Å²) in [6.45, 7) is 2.60. The van der Waals surface area contributed by atoms with Crippen molar-refractivity contribution >= 4 is 23.2 Å². The maximum atomic E-state index is 13.0. The Bertz CT molecular complexity index is 1310. The molecule has 0 saturated carbocycles. The quantitative estimate of drug-likeness (QED) is 0.482. The number of aryl methyl sites for hydroxylation is 1. The lowest BCUT2D eigenvalue weighted by Gasteiger charge is -2.24. The van der Waals surface area contributed by atoms with Crippen molar-refractivity contribution in [3.63, 3.8) is 0 Å². The smallest absolute Gasteiger partial charge is 0.278 e. The standard InChI is InChI=1S/C23H21ClN6O3/c1-14-10-29(13-25-14)18-8-7-17(9-21(18)32-2)26-23(31)22-20-12-33-11-19(30(20)28-27-22)15-3-5-16(24)6-4-15/h3-10,13,19H,11-12H2,1-2H3,(H,26,31). The summed E-state index contributed by atoms with van der Waals surface area (Å²) in [6, 6.07) is 12.7. The SMILES string of the molecule is COc1cc(NC(=O)c2nnn3c2COCC3c2ccc(Cl)cc2)ccc1-n1cnc(C)c1. The van der Waals surface area contributed by atoms with Crippen LogP contribution in [0.2, 0.25) is 5.02 Å². The van der Waals surface area contributed by atoms with E-state index in [2.05, 4.69) is 20.6 Å². The topological polar surface area (TPSA) is 96.1 Å². The van der Waals surface area contributed by atoms with Crippen LogP contribution in [0.25, 0.3) is 5.69 Å².